The Morgan fingerprint density at radius 1 is 1.26 bits per heavy atom. The van der Waals surface area contributed by atoms with Gasteiger partial charge >= 0.3 is 0 Å². The predicted molar refractivity (Wildman–Crippen MR) is 101 cm³/mol. The van der Waals surface area contributed by atoms with Crippen LogP contribution < -0.4 is 4.74 Å². The molecular weight excluding hydrogens is 344 g/mol. The van der Waals surface area contributed by atoms with E-state index in [0.717, 1.165) is 30.0 Å². The van der Waals surface area contributed by atoms with Crippen molar-refractivity contribution in [1.82, 2.24) is 19.6 Å². The Kier molecular flexibility index (Phi) is 5.48. The summed E-state index contributed by atoms with van der Waals surface area (Å²) in [5, 5.41) is 4.50. The molecule has 0 bridgehead atoms. The molecule has 2 heterocycles. The standard InChI is InChI=1S/C20H26N4O3/c1-14(16-7-5-8-18(11-16)27-4)22(3)20(26)19-12-17-13-23(15(2)25)9-6-10-24(17)21-19/h5,7-8,11-12,14H,6,9-10,13H2,1-4H3/t14-/m0/s1. The SMILES string of the molecule is COc1cccc([C@H](C)N(C)C(=O)c2cc3n(n2)CCCN(C(C)=O)C3)c1. The van der Waals surface area contributed by atoms with Gasteiger partial charge in [-0.3, -0.25) is 14.3 Å². The Hall–Kier alpha value is -2.83. The maximum atomic E-state index is 13.0. The summed E-state index contributed by atoms with van der Waals surface area (Å²) >= 11 is 0. The van der Waals surface area contributed by atoms with Crippen molar-refractivity contribution in [3.8, 4) is 5.75 Å². The van der Waals surface area contributed by atoms with Gasteiger partial charge in [-0.25, -0.2) is 0 Å². The highest BCUT2D eigenvalue weighted by Crippen LogP contribution is 2.24. The predicted octanol–water partition coefficient (Wildman–Crippen LogP) is 2.48. The number of carbonyl (C=O) groups is 2. The number of amides is 2. The van der Waals surface area contributed by atoms with Crippen LogP contribution in [0.4, 0.5) is 0 Å². The molecular formula is C20H26N4O3. The van der Waals surface area contributed by atoms with E-state index in [9.17, 15) is 9.59 Å². The third-order valence-electron chi connectivity index (χ3n) is 5.16. The van der Waals surface area contributed by atoms with Crippen molar-refractivity contribution in [2.24, 2.45) is 0 Å². The number of rotatable bonds is 4. The molecule has 2 amide bonds. The summed E-state index contributed by atoms with van der Waals surface area (Å²) in [6.07, 6.45) is 0.831. The summed E-state index contributed by atoms with van der Waals surface area (Å²) in [4.78, 5) is 28.2. The van der Waals surface area contributed by atoms with Gasteiger partial charge in [-0.05, 0) is 37.1 Å². The number of nitrogens with zero attached hydrogens (tertiary/aromatic N) is 4. The van der Waals surface area contributed by atoms with E-state index in [4.69, 9.17) is 4.74 Å². The van der Waals surface area contributed by atoms with Crippen LogP contribution in [0.15, 0.2) is 30.3 Å². The highest BCUT2D eigenvalue weighted by atomic mass is 16.5. The van der Waals surface area contributed by atoms with E-state index < -0.39 is 0 Å². The summed E-state index contributed by atoms with van der Waals surface area (Å²) in [5.41, 5.74) is 2.30. The van der Waals surface area contributed by atoms with Crippen LogP contribution in [0.5, 0.6) is 5.75 Å². The molecule has 144 valence electrons. The van der Waals surface area contributed by atoms with Gasteiger partial charge < -0.3 is 14.5 Å². The largest absolute Gasteiger partial charge is 0.497 e. The van der Waals surface area contributed by atoms with Crippen molar-refractivity contribution in [2.45, 2.75) is 39.4 Å². The van der Waals surface area contributed by atoms with Gasteiger partial charge in [0.2, 0.25) is 5.91 Å². The fourth-order valence-corrected chi connectivity index (χ4v) is 3.32. The van der Waals surface area contributed by atoms with Crippen LogP contribution in [0.2, 0.25) is 0 Å². The van der Waals surface area contributed by atoms with Gasteiger partial charge in [0.05, 0.1) is 25.4 Å². The molecule has 1 aromatic heterocycles. The molecule has 27 heavy (non-hydrogen) atoms. The van der Waals surface area contributed by atoms with Gasteiger partial charge in [0.15, 0.2) is 5.69 Å². The summed E-state index contributed by atoms with van der Waals surface area (Å²) < 4.78 is 7.12. The highest BCUT2D eigenvalue weighted by molar-refractivity contribution is 5.92. The molecule has 1 atom stereocenters. The van der Waals surface area contributed by atoms with Crippen molar-refractivity contribution in [3.63, 3.8) is 0 Å². The highest BCUT2D eigenvalue weighted by Gasteiger charge is 2.25. The molecule has 7 nitrogen and oxygen atoms in total. The molecule has 0 radical (unpaired) electrons. The van der Waals surface area contributed by atoms with Crippen LogP contribution in [0.3, 0.4) is 0 Å². The summed E-state index contributed by atoms with van der Waals surface area (Å²) in [7, 11) is 3.40. The van der Waals surface area contributed by atoms with E-state index in [1.54, 1.807) is 36.9 Å². The maximum absolute atomic E-state index is 13.0. The first-order valence-corrected chi connectivity index (χ1v) is 9.14. The fourth-order valence-electron chi connectivity index (χ4n) is 3.32. The van der Waals surface area contributed by atoms with Gasteiger partial charge in [0, 0.05) is 27.1 Å². The molecule has 0 saturated carbocycles. The average Bonchev–Trinajstić information content (AvgIpc) is 2.97. The minimum absolute atomic E-state index is 0.0429. The summed E-state index contributed by atoms with van der Waals surface area (Å²) in [5.74, 6) is 0.666. The molecule has 3 rings (SSSR count). The molecule has 0 aliphatic carbocycles. The second-order valence-corrected chi connectivity index (χ2v) is 6.91. The molecule has 2 aromatic rings. The van der Waals surface area contributed by atoms with Crippen molar-refractivity contribution in [2.75, 3.05) is 20.7 Å². The molecule has 0 N–H and O–H groups in total. The number of fused-ring (bicyclic) bond motifs is 1. The second-order valence-electron chi connectivity index (χ2n) is 6.91. The Morgan fingerprint density at radius 3 is 2.74 bits per heavy atom. The Morgan fingerprint density at radius 2 is 2.04 bits per heavy atom. The van der Waals surface area contributed by atoms with Crippen molar-refractivity contribution in [3.05, 3.63) is 47.3 Å². The molecule has 0 spiro atoms. The zero-order chi connectivity index (χ0) is 19.6. The molecule has 1 aliphatic heterocycles. The van der Waals surface area contributed by atoms with Crippen LogP contribution in [0.1, 0.15) is 48.1 Å². The first-order chi connectivity index (χ1) is 12.9. The third kappa shape index (κ3) is 3.97. The molecule has 1 aliphatic rings. The monoisotopic (exact) mass is 370 g/mol. The van der Waals surface area contributed by atoms with Crippen LogP contribution in [0.25, 0.3) is 0 Å². The number of hydrogen-bond donors (Lipinski definition) is 0. The number of ether oxygens (including phenoxy) is 1. The smallest absolute Gasteiger partial charge is 0.274 e. The van der Waals surface area contributed by atoms with Crippen molar-refractivity contribution in [1.29, 1.82) is 0 Å². The van der Waals surface area contributed by atoms with Gasteiger partial charge in [0.1, 0.15) is 5.75 Å². The van der Waals surface area contributed by atoms with Gasteiger partial charge in [-0.2, -0.15) is 5.10 Å². The van der Waals surface area contributed by atoms with Crippen molar-refractivity contribution >= 4 is 11.8 Å². The first-order valence-electron chi connectivity index (χ1n) is 9.14. The third-order valence-corrected chi connectivity index (χ3v) is 5.16. The molecule has 0 fully saturated rings. The number of hydrogen-bond acceptors (Lipinski definition) is 4. The van der Waals surface area contributed by atoms with E-state index in [1.807, 2.05) is 35.9 Å². The lowest BCUT2D eigenvalue weighted by atomic mass is 10.1. The normalized spacial score (nSPS) is 14.9. The van der Waals surface area contributed by atoms with Crippen LogP contribution in [0, 0.1) is 0 Å². The van der Waals surface area contributed by atoms with Crippen LogP contribution in [-0.2, 0) is 17.9 Å². The zero-order valence-electron chi connectivity index (χ0n) is 16.3. The summed E-state index contributed by atoms with van der Waals surface area (Å²) in [6.45, 7) is 5.47. The van der Waals surface area contributed by atoms with E-state index in [0.29, 0.717) is 18.8 Å². The van der Waals surface area contributed by atoms with E-state index in [1.165, 1.54) is 0 Å². The molecule has 1 aromatic carbocycles. The molecule has 7 heteroatoms. The van der Waals surface area contributed by atoms with Gasteiger partial charge in [-0.1, -0.05) is 12.1 Å². The number of aromatic nitrogens is 2. The lowest BCUT2D eigenvalue weighted by Gasteiger charge is -2.25. The lowest BCUT2D eigenvalue weighted by Crippen LogP contribution is -2.30. The zero-order valence-corrected chi connectivity index (χ0v) is 16.3. The van der Waals surface area contributed by atoms with Gasteiger partial charge in [0.25, 0.3) is 5.91 Å². The molecule has 0 unspecified atom stereocenters. The average molecular weight is 370 g/mol. The summed E-state index contributed by atoms with van der Waals surface area (Å²) in [6, 6.07) is 9.38. The quantitative estimate of drug-likeness (QED) is 0.829. The number of aryl methyl sites for hydroxylation is 1. The topological polar surface area (TPSA) is 67.7 Å². The van der Waals surface area contributed by atoms with Crippen molar-refractivity contribution < 1.29 is 14.3 Å². The minimum atomic E-state index is -0.139. The number of methoxy groups -OCH3 is 1. The maximum Gasteiger partial charge on any atom is 0.274 e. The number of carbonyl (C=O) groups excluding carboxylic acids is 2. The van der Waals surface area contributed by atoms with E-state index in [2.05, 4.69) is 5.10 Å². The lowest BCUT2D eigenvalue weighted by molar-refractivity contribution is -0.129. The fraction of sp³-hybridized carbons (Fsp3) is 0.450. The first kappa shape index (κ1) is 18.9. The van der Waals surface area contributed by atoms with Crippen LogP contribution in [-0.4, -0.2) is 52.1 Å². The second kappa shape index (κ2) is 7.82. The molecule has 0 saturated heterocycles. The Balaban J connectivity index is 1.79. The van der Waals surface area contributed by atoms with Crippen LogP contribution >= 0.6 is 0 Å². The van der Waals surface area contributed by atoms with Gasteiger partial charge in [-0.15, -0.1) is 0 Å². The number of benzene rings is 1. The Bertz CT molecular complexity index is 846. The van der Waals surface area contributed by atoms with E-state index >= 15 is 0 Å². The minimum Gasteiger partial charge on any atom is -0.497 e. The van der Waals surface area contributed by atoms with E-state index in [-0.39, 0.29) is 17.9 Å². The Labute approximate surface area is 159 Å².